The highest BCUT2D eigenvalue weighted by Gasteiger charge is 2.36. The Hall–Kier alpha value is -3.07. The largest absolute Gasteiger partial charge is 0.481 e. The number of imidazole rings is 1. The molecule has 2 N–H and O–H groups in total. The number of pyridine rings is 1. The van der Waals surface area contributed by atoms with Gasteiger partial charge in [-0.25, -0.2) is 18.7 Å². The van der Waals surface area contributed by atoms with Crippen LogP contribution in [0.5, 0.6) is 0 Å². The number of carbonyl (C=O) groups excluding carboxylic acids is 1. The fraction of sp³-hybridized carbons (Fsp3) is 0.481. The van der Waals surface area contributed by atoms with E-state index in [1.165, 1.54) is 6.20 Å². The van der Waals surface area contributed by atoms with Crippen molar-refractivity contribution >= 4 is 34.5 Å². The molecule has 37 heavy (non-hydrogen) atoms. The van der Waals surface area contributed by atoms with Crippen LogP contribution in [0.2, 0.25) is 5.15 Å². The van der Waals surface area contributed by atoms with Crippen molar-refractivity contribution in [2.75, 3.05) is 0 Å². The van der Waals surface area contributed by atoms with Gasteiger partial charge in [-0.1, -0.05) is 30.9 Å². The van der Waals surface area contributed by atoms with Gasteiger partial charge in [-0.3, -0.25) is 9.59 Å². The van der Waals surface area contributed by atoms with E-state index < -0.39 is 23.6 Å². The van der Waals surface area contributed by atoms with Crippen LogP contribution in [-0.4, -0.2) is 37.6 Å². The van der Waals surface area contributed by atoms with Crippen LogP contribution in [0.3, 0.4) is 0 Å². The number of carboxylic acids is 1. The van der Waals surface area contributed by atoms with Gasteiger partial charge in [0.2, 0.25) is 5.91 Å². The molecule has 0 aliphatic heterocycles. The molecule has 2 saturated carbocycles. The summed E-state index contributed by atoms with van der Waals surface area (Å²) in [6.07, 6.45) is 8.41. The van der Waals surface area contributed by atoms with E-state index in [9.17, 15) is 23.5 Å². The Kier molecular flexibility index (Phi) is 7.42. The number of benzene rings is 1. The molecule has 196 valence electrons. The molecule has 2 aliphatic rings. The molecule has 2 aliphatic carbocycles. The zero-order valence-corrected chi connectivity index (χ0v) is 21.1. The molecule has 10 heteroatoms. The second-order valence-corrected chi connectivity index (χ2v) is 10.6. The molecule has 2 aromatic heterocycles. The van der Waals surface area contributed by atoms with Gasteiger partial charge in [0.15, 0.2) is 11.6 Å². The first-order valence-electron chi connectivity index (χ1n) is 12.8. The number of nitrogens with one attached hydrogen (secondary N) is 1. The van der Waals surface area contributed by atoms with Crippen molar-refractivity contribution in [3.8, 4) is 11.4 Å². The van der Waals surface area contributed by atoms with Gasteiger partial charge < -0.3 is 15.0 Å². The van der Waals surface area contributed by atoms with Crippen molar-refractivity contribution in [2.24, 2.45) is 11.8 Å². The van der Waals surface area contributed by atoms with Gasteiger partial charge in [0.05, 0.1) is 17.0 Å². The number of fused-ring (bicyclic) bond motifs is 1. The Labute approximate surface area is 218 Å². The second-order valence-electron chi connectivity index (χ2n) is 10.2. The van der Waals surface area contributed by atoms with E-state index in [0.717, 1.165) is 44.2 Å². The van der Waals surface area contributed by atoms with Crippen molar-refractivity contribution in [2.45, 2.75) is 69.9 Å². The molecular formula is C27H29ClF2N4O3. The summed E-state index contributed by atoms with van der Waals surface area (Å²) < 4.78 is 30.4. The van der Waals surface area contributed by atoms with Crippen molar-refractivity contribution < 1.29 is 23.5 Å². The summed E-state index contributed by atoms with van der Waals surface area (Å²) in [5.74, 6) is -3.04. The van der Waals surface area contributed by atoms with Crippen LogP contribution < -0.4 is 5.32 Å². The van der Waals surface area contributed by atoms with Gasteiger partial charge in [0, 0.05) is 29.9 Å². The van der Waals surface area contributed by atoms with Gasteiger partial charge >= 0.3 is 5.97 Å². The Balaban J connectivity index is 1.57. The monoisotopic (exact) mass is 530 g/mol. The van der Waals surface area contributed by atoms with Gasteiger partial charge in [0.1, 0.15) is 17.0 Å². The summed E-state index contributed by atoms with van der Waals surface area (Å²) in [5.41, 5.74) is 1.17. The third-order valence-electron chi connectivity index (χ3n) is 7.78. The van der Waals surface area contributed by atoms with E-state index in [1.54, 1.807) is 16.7 Å². The van der Waals surface area contributed by atoms with Crippen molar-refractivity contribution in [3.63, 3.8) is 0 Å². The fourth-order valence-electron chi connectivity index (χ4n) is 5.85. The average molecular weight is 531 g/mol. The highest BCUT2D eigenvalue weighted by Crippen LogP contribution is 2.39. The van der Waals surface area contributed by atoms with Crippen LogP contribution in [-0.2, 0) is 9.59 Å². The summed E-state index contributed by atoms with van der Waals surface area (Å²) in [7, 11) is 0. The first-order chi connectivity index (χ1) is 17.8. The minimum Gasteiger partial charge on any atom is -0.481 e. The molecule has 0 radical (unpaired) electrons. The predicted octanol–water partition coefficient (Wildman–Crippen LogP) is 5.91. The zero-order chi connectivity index (χ0) is 26.1. The molecule has 1 aromatic carbocycles. The lowest BCUT2D eigenvalue weighted by molar-refractivity contribution is -0.142. The van der Waals surface area contributed by atoms with E-state index >= 15 is 0 Å². The van der Waals surface area contributed by atoms with E-state index in [0.29, 0.717) is 47.7 Å². The summed E-state index contributed by atoms with van der Waals surface area (Å²) >= 11 is 5.99. The minimum atomic E-state index is -1.01. The van der Waals surface area contributed by atoms with Crippen LogP contribution in [0.4, 0.5) is 8.78 Å². The Bertz CT molecular complexity index is 1300. The third-order valence-corrected chi connectivity index (χ3v) is 8.01. The molecule has 1 atom stereocenters. The van der Waals surface area contributed by atoms with Crippen LogP contribution in [0.15, 0.2) is 30.5 Å². The smallest absolute Gasteiger partial charge is 0.306 e. The molecule has 0 unspecified atom stereocenters. The Morgan fingerprint density at radius 2 is 1.73 bits per heavy atom. The molecule has 1 amide bonds. The molecule has 3 aromatic rings. The predicted molar refractivity (Wildman–Crippen MR) is 135 cm³/mol. The number of rotatable bonds is 6. The minimum absolute atomic E-state index is 0.0198. The Morgan fingerprint density at radius 3 is 2.38 bits per heavy atom. The first kappa shape index (κ1) is 25.6. The maximum absolute atomic E-state index is 14.5. The summed E-state index contributed by atoms with van der Waals surface area (Å²) in [6.45, 7) is 0. The van der Waals surface area contributed by atoms with Gasteiger partial charge in [-0.2, -0.15) is 0 Å². The summed E-state index contributed by atoms with van der Waals surface area (Å²) in [4.78, 5) is 34.1. The second kappa shape index (κ2) is 10.7. The molecule has 2 fully saturated rings. The number of amides is 1. The lowest BCUT2D eigenvalue weighted by atomic mass is 9.82. The Morgan fingerprint density at radius 1 is 1.03 bits per heavy atom. The van der Waals surface area contributed by atoms with Gasteiger partial charge in [0.25, 0.3) is 0 Å². The topological polar surface area (TPSA) is 97.1 Å². The third kappa shape index (κ3) is 5.32. The highest BCUT2D eigenvalue weighted by molar-refractivity contribution is 6.29. The van der Waals surface area contributed by atoms with E-state index in [-0.39, 0.29) is 29.3 Å². The SMILES string of the molecule is O=C(O)C1CCC(NC(=O)[C@H](C2CCCCC2)n2c(-c3ccc(Cl)nc3)nc3cc(F)c(F)cc32)CC1. The highest BCUT2D eigenvalue weighted by atomic mass is 35.5. The standard InChI is InChI=1S/C27H29ClF2N4O3/c28-23-11-8-17(14-31-23)25-33-21-12-19(29)20(30)13-22(21)34(25)24(15-4-2-1-3-5-15)26(35)32-18-9-6-16(7-10-18)27(36)37/h8,11-16,18,24H,1-7,9-10H2,(H,32,35)(H,36,37)/t16?,18?,24-/m0/s1. The molecule has 0 bridgehead atoms. The number of carbonyl (C=O) groups is 2. The van der Waals surface area contributed by atoms with E-state index in [1.807, 2.05) is 0 Å². The summed E-state index contributed by atoms with van der Waals surface area (Å²) in [6, 6.07) is 4.65. The number of aliphatic carboxylic acids is 1. The molecule has 7 nitrogen and oxygen atoms in total. The van der Waals surface area contributed by atoms with Crippen molar-refractivity contribution in [1.29, 1.82) is 0 Å². The lowest BCUT2D eigenvalue weighted by Gasteiger charge is -2.34. The first-order valence-corrected chi connectivity index (χ1v) is 13.2. The van der Waals surface area contributed by atoms with Crippen molar-refractivity contribution in [3.05, 3.63) is 47.2 Å². The maximum atomic E-state index is 14.5. The molecule has 0 spiro atoms. The number of halogens is 3. The summed E-state index contributed by atoms with van der Waals surface area (Å²) in [5, 5.41) is 12.8. The van der Waals surface area contributed by atoms with Crippen LogP contribution in [0.25, 0.3) is 22.4 Å². The van der Waals surface area contributed by atoms with Crippen LogP contribution in [0.1, 0.15) is 63.8 Å². The van der Waals surface area contributed by atoms with E-state index in [2.05, 4.69) is 15.3 Å². The van der Waals surface area contributed by atoms with Gasteiger partial charge in [-0.05, 0) is 56.6 Å². The van der Waals surface area contributed by atoms with Crippen molar-refractivity contribution in [1.82, 2.24) is 19.9 Å². The number of hydrogen-bond acceptors (Lipinski definition) is 4. The normalized spacial score (nSPS) is 21.6. The quantitative estimate of drug-likeness (QED) is 0.386. The van der Waals surface area contributed by atoms with Crippen LogP contribution >= 0.6 is 11.6 Å². The fourth-order valence-corrected chi connectivity index (χ4v) is 5.96. The molecule has 0 saturated heterocycles. The van der Waals surface area contributed by atoms with E-state index in [4.69, 9.17) is 11.6 Å². The number of nitrogens with zero attached hydrogens (tertiary/aromatic N) is 3. The number of hydrogen-bond donors (Lipinski definition) is 2. The zero-order valence-electron chi connectivity index (χ0n) is 20.3. The van der Waals surface area contributed by atoms with Crippen LogP contribution in [0, 0.1) is 23.5 Å². The molecular weight excluding hydrogens is 502 g/mol. The number of aromatic nitrogens is 3. The van der Waals surface area contributed by atoms with Gasteiger partial charge in [-0.15, -0.1) is 0 Å². The number of carboxylic acid groups (broad SMARTS) is 1. The molecule has 5 rings (SSSR count). The average Bonchev–Trinajstić information content (AvgIpc) is 3.23. The maximum Gasteiger partial charge on any atom is 0.306 e. The molecule has 2 heterocycles. The lowest BCUT2D eigenvalue weighted by Crippen LogP contribution is -2.44.